The average Bonchev–Trinajstić information content (AvgIpc) is 2.07. The summed E-state index contributed by atoms with van der Waals surface area (Å²) < 4.78 is 0. The summed E-state index contributed by atoms with van der Waals surface area (Å²) in [5.41, 5.74) is 7.00. The van der Waals surface area contributed by atoms with Crippen molar-refractivity contribution in [2.45, 2.75) is 32.1 Å². The molecule has 0 amide bonds. The number of unbranched alkanes of at least 4 members (excludes halogenated alkanes) is 1. The summed E-state index contributed by atoms with van der Waals surface area (Å²) in [4.78, 5) is 2.54. The van der Waals surface area contributed by atoms with Gasteiger partial charge in [-0.25, -0.2) is 0 Å². The lowest BCUT2D eigenvalue weighted by Gasteiger charge is -2.26. The molecule has 1 fully saturated rings. The second kappa shape index (κ2) is 5.56. The van der Waals surface area contributed by atoms with Crippen LogP contribution < -0.4 is 5.73 Å². The first kappa shape index (κ1) is 9.01. The largest absolute Gasteiger partial charge is 0.303 e. The summed E-state index contributed by atoms with van der Waals surface area (Å²) in [7, 11) is 0. The highest BCUT2D eigenvalue weighted by atomic mass is 15.1. The lowest BCUT2D eigenvalue weighted by molar-refractivity contribution is 0.225. The monoisotopic (exact) mass is 155 g/mol. The first-order valence-electron chi connectivity index (χ1n) is 4.80. The van der Waals surface area contributed by atoms with E-state index in [1.165, 1.54) is 45.3 Å². The molecule has 1 aliphatic heterocycles. The van der Waals surface area contributed by atoms with Crippen LogP contribution in [0, 0.1) is 0 Å². The maximum absolute atomic E-state index is 7.00. The predicted octanol–water partition coefficient (Wildman–Crippen LogP) is 1.54. The van der Waals surface area contributed by atoms with Gasteiger partial charge in [0.25, 0.3) is 0 Å². The molecule has 65 valence electrons. The van der Waals surface area contributed by atoms with Crippen molar-refractivity contribution in [2.24, 2.45) is 0 Å². The minimum absolute atomic E-state index is 0.605. The fraction of sp³-hybridized carbons (Fsp3) is 1.00. The van der Waals surface area contributed by atoms with Gasteiger partial charge in [0, 0.05) is 6.54 Å². The van der Waals surface area contributed by atoms with Gasteiger partial charge in [-0.05, 0) is 45.3 Å². The van der Waals surface area contributed by atoms with Gasteiger partial charge in [0.1, 0.15) is 0 Å². The molecule has 1 saturated heterocycles. The van der Waals surface area contributed by atoms with Crippen LogP contribution in [-0.2, 0) is 0 Å². The van der Waals surface area contributed by atoms with E-state index in [4.69, 9.17) is 5.73 Å². The second-order valence-corrected chi connectivity index (χ2v) is 3.36. The van der Waals surface area contributed by atoms with E-state index in [1.54, 1.807) is 0 Å². The Balaban J connectivity index is 1.96. The summed E-state index contributed by atoms with van der Waals surface area (Å²) in [6.07, 6.45) is 6.51. The van der Waals surface area contributed by atoms with Crippen molar-refractivity contribution >= 4 is 0 Å². The molecule has 1 rings (SSSR count). The molecular weight excluding hydrogens is 136 g/mol. The van der Waals surface area contributed by atoms with Gasteiger partial charge in [-0.2, -0.15) is 0 Å². The van der Waals surface area contributed by atoms with Gasteiger partial charge in [-0.1, -0.05) is 6.42 Å². The Kier molecular flexibility index (Phi) is 4.55. The molecule has 0 saturated carbocycles. The van der Waals surface area contributed by atoms with Gasteiger partial charge in [-0.15, -0.1) is 0 Å². The van der Waals surface area contributed by atoms with Crippen LogP contribution >= 0.6 is 0 Å². The Morgan fingerprint density at radius 1 is 1.00 bits per heavy atom. The highest BCUT2D eigenvalue weighted by Crippen LogP contribution is 2.08. The molecule has 0 aromatic carbocycles. The van der Waals surface area contributed by atoms with Crippen molar-refractivity contribution < 1.29 is 0 Å². The normalized spacial score (nSPS) is 20.5. The van der Waals surface area contributed by atoms with Crippen LogP contribution in [0.25, 0.3) is 0 Å². The lowest BCUT2D eigenvalue weighted by atomic mass is 10.1. The van der Waals surface area contributed by atoms with Crippen molar-refractivity contribution in [3.05, 3.63) is 0 Å². The first-order valence-corrected chi connectivity index (χ1v) is 4.80. The molecule has 0 spiro atoms. The summed E-state index contributed by atoms with van der Waals surface area (Å²) >= 11 is 0. The van der Waals surface area contributed by atoms with Crippen LogP contribution in [0.3, 0.4) is 0 Å². The van der Waals surface area contributed by atoms with E-state index >= 15 is 0 Å². The molecular formula is C9H19N2. The molecule has 2 nitrogen and oxygen atoms in total. The van der Waals surface area contributed by atoms with E-state index in [1.807, 2.05) is 0 Å². The third kappa shape index (κ3) is 3.73. The lowest BCUT2D eigenvalue weighted by Crippen LogP contribution is -2.30. The minimum Gasteiger partial charge on any atom is -0.303 e. The van der Waals surface area contributed by atoms with E-state index in [0.29, 0.717) is 6.54 Å². The minimum atomic E-state index is 0.605. The standard InChI is InChI=1S/C9H19N2/c10-6-2-5-9-11-7-3-1-4-8-11/h10H,1-9H2. The van der Waals surface area contributed by atoms with Gasteiger partial charge in [0.2, 0.25) is 0 Å². The van der Waals surface area contributed by atoms with Crippen molar-refractivity contribution in [3.63, 3.8) is 0 Å². The average molecular weight is 155 g/mol. The summed E-state index contributed by atoms with van der Waals surface area (Å²) in [5, 5.41) is 0. The number of nitrogens with one attached hydrogen (secondary N) is 1. The third-order valence-corrected chi connectivity index (χ3v) is 2.35. The molecule has 0 aliphatic carbocycles. The predicted molar refractivity (Wildman–Crippen MR) is 47.5 cm³/mol. The van der Waals surface area contributed by atoms with Crippen molar-refractivity contribution in [1.29, 1.82) is 0 Å². The highest BCUT2D eigenvalue weighted by Gasteiger charge is 2.08. The molecule has 0 aromatic heterocycles. The van der Waals surface area contributed by atoms with E-state index < -0.39 is 0 Å². The van der Waals surface area contributed by atoms with Crippen molar-refractivity contribution in [1.82, 2.24) is 10.6 Å². The smallest absolute Gasteiger partial charge is 0.0100 e. The number of hydrogen-bond donors (Lipinski definition) is 0. The molecule has 0 bridgehead atoms. The number of piperidine rings is 1. The van der Waals surface area contributed by atoms with Gasteiger partial charge in [-0.3, -0.25) is 5.73 Å². The Labute approximate surface area is 69.8 Å². The van der Waals surface area contributed by atoms with Crippen molar-refractivity contribution in [2.75, 3.05) is 26.2 Å². The van der Waals surface area contributed by atoms with Crippen LogP contribution in [0.4, 0.5) is 0 Å². The van der Waals surface area contributed by atoms with Crippen LogP contribution in [0.5, 0.6) is 0 Å². The van der Waals surface area contributed by atoms with Gasteiger partial charge in [0.05, 0.1) is 0 Å². The first-order chi connectivity index (χ1) is 5.43. The molecule has 2 heteroatoms. The Bertz CT molecular complexity index is 87.6. The molecule has 0 atom stereocenters. The van der Waals surface area contributed by atoms with E-state index in [0.717, 1.165) is 6.42 Å². The van der Waals surface area contributed by atoms with Crippen LogP contribution in [-0.4, -0.2) is 31.1 Å². The summed E-state index contributed by atoms with van der Waals surface area (Å²) in [6, 6.07) is 0. The topological polar surface area (TPSA) is 27.0 Å². The summed E-state index contributed by atoms with van der Waals surface area (Å²) in [5.74, 6) is 0. The van der Waals surface area contributed by atoms with E-state index in [9.17, 15) is 0 Å². The van der Waals surface area contributed by atoms with Crippen LogP contribution in [0.2, 0.25) is 0 Å². The quantitative estimate of drug-likeness (QED) is 0.566. The zero-order chi connectivity index (χ0) is 7.94. The van der Waals surface area contributed by atoms with Crippen molar-refractivity contribution in [3.8, 4) is 0 Å². The van der Waals surface area contributed by atoms with Crippen LogP contribution in [0.15, 0.2) is 0 Å². The number of likely N-dealkylation sites (tertiary alicyclic amines) is 1. The maximum Gasteiger partial charge on any atom is 0.0100 e. The molecule has 1 radical (unpaired) electrons. The molecule has 0 unspecified atom stereocenters. The Morgan fingerprint density at radius 3 is 2.36 bits per heavy atom. The Hall–Kier alpha value is -0.0800. The molecule has 11 heavy (non-hydrogen) atoms. The fourth-order valence-corrected chi connectivity index (χ4v) is 1.64. The highest BCUT2D eigenvalue weighted by molar-refractivity contribution is 4.63. The van der Waals surface area contributed by atoms with Gasteiger partial charge < -0.3 is 4.90 Å². The van der Waals surface area contributed by atoms with Gasteiger partial charge >= 0.3 is 0 Å². The van der Waals surface area contributed by atoms with Gasteiger partial charge in [0.15, 0.2) is 0 Å². The fourth-order valence-electron chi connectivity index (χ4n) is 1.64. The van der Waals surface area contributed by atoms with E-state index in [2.05, 4.69) is 4.90 Å². The third-order valence-electron chi connectivity index (χ3n) is 2.35. The SMILES string of the molecule is [NH]CCCCN1CCCCC1. The second-order valence-electron chi connectivity index (χ2n) is 3.36. The number of hydrogen-bond acceptors (Lipinski definition) is 1. The van der Waals surface area contributed by atoms with Crippen LogP contribution in [0.1, 0.15) is 32.1 Å². The molecule has 1 aliphatic rings. The molecule has 0 aromatic rings. The summed E-state index contributed by atoms with van der Waals surface area (Å²) in [6.45, 7) is 4.45. The number of rotatable bonds is 4. The maximum atomic E-state index is 7.00. The molecule has 1 N–H and O–H groups in total. The zero-order valence-electron chi connectivity index (χ0n) is 7.31. The van der Waals surface area contributed by atoms with E-state index in [-0.39, 0.29) is 0 Å². The zero-order valence-corrected chi connectivity index (χ0v) is 7.31. The number of nitrogens with zero attached hydrogens (tertiary/aromatic N) is 1. The molecule has 1 heterocycles. The Morgan fingerprint density at radius 2 is 1.73 bits per heavy atom.